The minimum atomic E-state index is -0.655. The van der Waals surface area contributed by atoms with E-state index >= 15 is 0 Å². The molecule has 2 aliphatic heterocycles. The van der Waals surface area contributed by atoms with Crippen LogP contribution in [-0.4, -0.2) is 115 Å². The molecular weight excluding hydrogens is 775 g/mol. The molecule has 1 saturated heterocycles. The number of nitrogens with one attached hydrogen (secondary N) is 2. The van der Waals surface area contributed by atoms with Crippen molar-refractivity contribution in [1.29, 1.82) is 0 Å². The Bertz CT molecular complexity index is 2580. The molecule has 312 valence electrons. The number of methoxy groups -OCH3 is 1. The first-order chi connectivity index (χ1) is 28.9. The van der Waals surface area contributed by atoms with Crippen LogP contribution in [0, 0.1) is 12.8 Å². The van der Waals surface area contributed by atoms with Crippen LogP contribution in [0.5, 0.6) is 11.5 Å². The quantitative estimate of drug-likeness (QED) is 0.0659. The number of aryl methyl sites for hydroxylation is 2. The van der Waals surface area contributed by atoms with Crippen molar-refractivity contribution >= 4 is 69.8 Å². The Kier molecular flexibility index (Phi) is 11.8. The van der Waals surface area contributed by atoms with Crippen LogP contribution in [0.4, 0.5) is 11.9 Å². The third-order valence-corrected chi connectivity index (χ3v) is 10.4. The van der Waals surface area contributed by atoms with E-state index in [4.69, 9.17) is 20.2 Å². The molecule has 0 spiro atoms. The lowest BCUT2D eigenvalue weighted by Gasteiger charge is -2.39. The van der Waals surface area contributed by atoms with Crippen molar-refractivity contribution in [1.82, 2.24) is 38.7 Å². The molecule has 0 bridgehead atoms. The SMILES string of the molecule is CCn1nc(C)cc1C(=O)Nc1nc2cc(C(N)=O)cc(OC)c2n1C/C=C/Cn1c(NC)nc2cc(C=O)cc(OCCC3CN(C(=O)CCN4C(=O)C=CC4=O)C3)c21. The van der Waals surface area contributed by atoms with E-state index in [9.17, 15) is 28.8 Å². The van der Waals surface area contributed by atoms with Crippen molar-refractivity contribution in [3.63, 3.8) is 0 Å². The maximum absolute atomic E-state index is 13.5. The highest BCUT2D eigenvalue weighted by Gasteiger charge is 2.32. The van der Waals surface area contributed by atoms with Gasteiger partial charge in [0.1, 0.15) is 34.5 Å². The molecule has 1 fully saturated rings. The zero-order valence-electron chi connectivity index (χ0n) is 33.6. The number of benzene rings is 2. The first-order valence-electron chi connectivity index (χ1n) is 19.4. The topological polar surface area (TPSA) is 231 Å². The Morgan fingerprint density at radius 3 is 2.25 bits per heavy atom. The number of nitrogens with zero attached hydrogens (tertiary/aromatic N) is 8. The van der Waals surface area contributed by atoms with Gasteiger partial charge in [0.2, 0.25) is 23.7 Å². The van der Waals surface area contributed by atoms with Gasteiger partial charge >= 0.3 is 0 Å². The molecule has 19 nitrogen and oxygen atoms in total. The van der Waals surface area contributed by atoms with Gasteiger partial charge in [-0.3, -0.25) is 43.7 Å². The average Bonchev–Trinajstić information content (AvgIpc) is 3.97. The van der Waals surface area contributed by atoms with E-state index < -0.39 is 23.6 Å². The van der Waals surface area contributed by atoms with Gasteiger partial charge < -0.3 is 34.6 Å². The van der Waals surface area contributed by atoms with Crippen LogP contribution in [0.1, 0.15) is 56.7 Å². The number of aromatic nitrogens is 6. The molecule has 0 atom stereocenters. The molecule has 0 saturated carbocycles. The van der Waals surface area contributed by atoms with Gasteiger partial charge in [-0.25, -0.2) is 9.97 Å². The summed E-state index contributed by atoms with van der Waals surface area (Å²) >= 11 is 0. The second-order valence-corrected chi connectivity index (χ2v) is 14.4. The largest absolute Gasteiger partial charge is 0.494 e. The number of fused-ring (bicyclic) bond motifs is 2. The molecular formula is C41H45N11O8. The van der Waals surface area contributed by atoms with Crippen LogP contribution in [0.15, 0.2) is 54.6 Å². The number of hydrogen-bond donors (Lipinski definition) is 3. The van der Waals surface area contributed by atoms with Crippen LogP contribution >= 0.6 is 0 Å². The van der Waals surface area contributed by atoms with Crippen molar-refractivity contribution in [3.8, 4) is 11.5 Å². The highest BCUT2D eigenvalue weighted by atomic mass is 16.5. The Balaban J connectivity index is 1.07. The van der Waals surface area contributed by atoms with Crippen molar-refractivity contribution < 1.29 is 38.2 Å². The monoisotopic (exact) mass is 819 g/mol. The number of imide groups is 1. The highest BCUT2D eigenvalue weighted by Crippen LogP contribution is 2.33. The van der Waals surface area contributed by atoms with E-state index in [1.807, 2.05) is 23.6 Å². The van der Waals surface area contributed by atoms with Gasteiger partial charge in [-0.1, -0.05) is 12.2 Å². The molecule has 19 heteroatoms. The predicted molar refractivity (Wildman–Crippen MR) is 220 cm³/mol. The normalized spacial score (nSPS) is 14.1. The zero-order valence-corrected chi connectivity index (χ0v) is 33.6. The first kappa shape index (κ1) is 40.9. The van der Waals surface area contributed by atoms with E-state index in [0.29, 0.717) is 95.7 Å². The number of nitrogens with two attached hydrogens (primary N) is 1. The number of ether oxygens (including phenoxy) is 2. The molecule has 2 aliphatic rings. The fourth-order valence-electron chi connectivity index (χ4n) is 7.40. The molecule has 5 aromatic rings. The molecule has 5 amide bonds. The molecule has 0 radical (unpaired) electrons. The van der Waals surface area contributed by atoms with E-state index in [1.165, 1.54) is 25.3 Å². The van der Waals surface area contributed by atoms with E-state index in [0.717, 1.165) is 11.2 Å². The highest BCUT2D eigenvalue weighted by molar-refractivity contribution is 6.13. The second kappa shape index (κ2) is 17.3. The van der Waals surface area contributed by atoms with Crippen molar-refractivity contribution in [2.45, 2.75) is 46.3 Å². The molecule has 7 rings (SSSR count). The van der Waals surface area contributed by atoms with Crippen molar-refractivity contribution in [2.24, 2.45) is 11.7 Å². The van der Waals surface area contributed by atoms with Crippen LogP contribution in [0.25, 0.3) is 22.1 Å². The van der Waals surface area contributed by atoms with Gasteiger partial charge in [0.05, 0.1) is 30.4 Å². The van der Waals surface area contributed by atoms with Gasteiger partial charge in [-0.15, -0.1) is 0 Å². The summed E-state index contributed by atoms with van der Waals surface area (Å²) in [6.07, 6.45) is 7.68. The summed E-state index contributed by atoms with van der Waals surface area (Å²) in [7, 11) is 3.22. The van der Waals surface area contributed by atoms with E-state index in [-0.39, 0.29) is 42.8 Å². The molecule has 5 heterocycles. The van der Waals surface area contributed by atoms with Crippen LogP contribution < -0.4 is 25.8 Å². The predicted octanol–water partition coefficient (Wildman–Crippen LogP) is 2.92. The van der Waals surface area contributed by atoms with Crippen LogP contribution in [0.3, 0.4) is 0 Å². The molecule has 2 aromatic carbocycles. The maximum atomic E-state index is 13.5. The first-order valence-corrected chi connectivity index (χ1v) is 19.4. The number of rotatable bonds is 18. The number of hydrogen-bond acceptors (Lipinski definition) is 12. The Morgan fingerprint density at radius 2 is 1.60 bits per heavy atom. The summed E-state index contributed by atoms with van der Waals surface area (Å²) in [6, 6.07) is 8.14. The summed E-state index contributed by atoms with van der Waals surface area (Å²) in [6.45, 7) is 6.20. The smallest absolute Gasteiger partial charge is 0.276 e. The number of aldehydes is 1. The Hall–Kier alpha value is -7.31. The number of imidazole rings is 2. The molecule has 0 aliphatic carbocycles. The lowest BCUT2D eigenvalue weighted by atomic mass is 9.96. The zero-order chi connectivity index (χ0) is 42.7. The number of anilines is 2. The van der Waals surface area contributed by atoms with E-state index in [1.54, 1.807) is 52.4 Å². The van der Waals surface area contributed by atoms with Gasteiger partial charge in [0.15, 0.2) is 0 Å². The summed E-state index contributed by atoms with van der Waals surface area (Å²) in [5.74, 6) is -0.240. The molecule has 4 N–H and O–H groups in total. The minimum absolute atomic E-state index is 0.0502. The van der Waals surface area contributed by atoms with Gasteiger partial charge in [0.25, 0.3) is 17.7 Å². The number of primary amides is 1. The van der Waals surface area contributed by atoms with Crippen LogP contribution in [0.2, 0.25) is 0 Å². The van der Waals surface area contributed by atoms with Crippen molar-refractivity contribution in [2.75, 3.05) is 51.0 Å². The van der Waals surface area contributed by atoms with Gasteiger partial charge in [-0.05, 0) is 56.5 Å². The Morgan fingerprint density at radius 1 is 0.933 bits per heavy atom. The third-order valence-electron chi connectivity index (χ3n) is 10.4. The van der Waals surface area contributed by atoms with E-state index in [2.05, 4.69) is 20.7 Å². The lowest BCUT2D eigenvalue weighted by molar-refractivity contribution is -0.140. The summed E-state index contributed by atoms with van der Waals surface area (Å²) < 4.78 is 17.3. The number of carbonyl (C=O) groups is 6. The van der Waals surface area contributed by atoms with Gasteiger partial charge in [0, 0.05) is 76.0 Å². The molecule has 3 aromatic heterocycles. The van der Waals surface area contributed by atoms with Crippen LogP contribution in [-0.2, 0) is 34.0 Å². The number of allylic oxidation sites excluding steroid dienone is 2. The summed E-state index contributed by atoms with van der Waals surface area (Å²) in [5, 5.41) is 10.4. The summed E-state index contributed by atoms with van der Waals surface area (Å²) in [5.41, 5.74) is 9.42. The molecule has 0 unspecified atom stereocenters. The number of amides is 5. The summed E-state index contributed by atoms with van der Waals surface area (Å²) in [4.78, 5) is 86.1. The maximum Gasteiger partial charge on any atom is 0.276 e. The fraction of sp³-hybridized carbons (Fsp3) is 0.341. The van der Waals surface area contributed by atoms with Gasteiger partial charge in [-0.2, -0.15) is 5.10 Å². The Labute approximate surface area is 343 Å². The standard InChI is InChI=1S/C41H45N11O8/c1-5-52-30(16-24(2)47-52)39(58)46-41-45-29-19-27(38(42)57)20-31(59-4)36(29)51(41)13-7-6-12-50-37-28(44-40(50)43-3)17-26(23-53)18-32(37)60-15-11-25-21-48(22-25)33(54)10-14-49-34(55)8-9-35(49)56/h6-9,16-20,23,25H,5,10-15,21-22H2,1-4H3,(H2,42,57)(H,43,44)(H,45,46,58)/b7-6+. The average molecular weight is 820 g/mol. The second-order valence-electron chi connectivity index (χ2n) is 14.4. The third kappa shape index (κ3) is 8.18. The lowest BCUT2D eigenvalue weighted by Crippen LogP contribution is -2.51. The molecule has 60 heavy (non-hydrogen) atoms. The fourth-order valence-corrected chi connectivity index (χ4v) is 7.40. The van der Waals surface area contributed by atoms with Crippen molar-refractivity contribution in [3.05, 3.63) is 77.2 Å². The minimum Gasteiger partial charge on any atom is -0.494 e. The number of likely N-dealkylation sites (tertiary alicyclic amines) is 1. The number of carbonyl (C=O) groups excluding carboxylic acids is 6.